The first-order valence-electron chi connectivity index (χ1n) is 5.38. The maximum atomic E-state index is 3.54. The van der Waals surface area contributed by atoms with Gasteiger partial charge in [0.25, 0.3) is 0 Å². The second-order valence-electron chi connectivity index (χ2n) is 4.34. The highest BCUT2D eigenvalue weighted by molar-refractivity contribution is 9.11. The SMILES string of the molecule is CNCC1(CNc2ccc(Br)s2)CCC1. The molecule has 84 valence electrons. The predicted octanol–water partition coefficient (Wildman–Crippen LogP) is 3.31. The minimum Gasteiger partial charge on any atom is -0.376 e. The third-order valence-electron chi connectivity index (χ3n) is 3.18. The maximum absolute atomic E-state index is 3.54. The normalized spacial score (nSPS) is 18.5. The van der Waals surface area contributed by atoms with E-state index in [-0.39, 0.29) is 0 Å². The van der Waals surface area contributed by atoms with Crippen LogP contribution in [0.3, 0.4) is 0 Å². The minimum absolute atomic E-state index is 0.505. The number of rotatable bonds is 5. The average Bonchev–Trinajstić information content (AvgIpc) is 2.56. The first-order chi connectivity index (χ1) is 7.24. The molecule has 4 heteroatoms. The Hall–Kier alpha value is -0.0600. The van der Waals surface area contributed by atoms with Crippen molar-refractivity contribution < 1.29 is 0 Å². The number of hydrogen-bond donors (Lipinski definition) is 2. The molecule has 0 amide bonds. The van der Waals surface area contributed by atoms with Crippen LogP contribution < -0.4 is 10.6 Å². The summed E-state index contributed by atoms with van der Waals surface area (Å²) in [5.41, 5.74) is 0.505. The van der Waals surface area contributed by atoms with Crippen LogP contribution in [0.4, 0.5) is 5.00 Å². The fourth-order valence-electron chi connectivity index (χ4n) is 2.15. The standard InChI is InChI=1S/C11H17BrN2S/c1-13-7-11(5-2-6-11)8-14-10-4-3-9(12)15-10/h3-4,13-14H,2,5-8H2,1H3. The minimum atomic E-state index is 0.505. The lowest BCUT2D eigenvalue weighted by atomic mass is 9.68. The predicted molar refractivity (Wildman–Crippen MR) is 70.7 cm³/mol. The van der Waals surface area contributed by atoms with E-state index in [1.165, 1.54) is 28.0 Å². The zero-order valence-corrected chi connectivity index (χ0v) is 11.4. The van der Waals surface area contributed by atoms with E-state index >= 15 is 0 Å². The zero-order chi connectivity index (χ0) is 10.7. The van der Waals surface area contributed by atoms with E-state index in [0.29, 0.717) is 5.41 Å². The number of thiophene rings is 1. The molecule has 1 aromatic rings. The summed E-state index contributed by atoms with van der Waals surface area (Å²) in [5, 5.41) is 8.12. The molecule has 0 bridgehead atoms. The highest BCUT2D eigenvalue weighted by Gasteiger charge is 2.35. The molecule has 2 N–H and O–H groups in total. The Balaban J connectivity index is 1.86. The van der Waals surface area contributed by atoms with Gasteiger partial charge in [-0.3, -0.25) is 0 Å². The lowest BCUT2D eigenvalue weighted by Crippen LogP contribution is -2.43. The molecule has 1 aromatic heterocycles. The summed E-state index contributed by atoms with van der Waals surface area (Å²) in [6, 6.07) is 4.24. The second kappa shape index (κ2) is 4.85. The molecule has 0 unspecified atom stereocenters. The topological polar surface area (TPSA) is 24.1 Å². The summed E-state index contributed by atoms with van der Waals surface area (Å²) in [7, 11) is 2.04. The highest BCUT2D eigenvalue weighted by Crippen LogP contribution is 2.40. The van der Waals surface area contributed by atoms with Crippen LogP contribution in [0.5, 0.6) is 0 Å². The molecule has 1 saturated carbocycles. The Bertz CT molecular complexity index is 320. The van der Waals surface area contributed by atoms with Crippen LogP contribution in [0.2, 0.25) is 0 Å². The quantitative estimate of drug-likeness (QED) is 0.869. The molecule has 2 rings (SSSR count). The van der Waals surface area contributed by atoms with Crippen molar-refractivity contribution in [1.82, 2.24) is 5.32 Å². The molecule has 1 fully saturated rings. The van der Waals surface area contributed by atoms with Gasteiger partial charge in [0.05, 0.1) is 8.79 Å². The molecular formula is C11H17BrN2S. The average molecular weight is 289 g/mol. The number of hydrogen-bond acceptors (Lipinski definition) is 3. The van der Waals surface area contributed by atoms with Crippen LogP contribution in [-0.4, -0.2) is 20.1 Å². The highest BCUT2D eigenvalue weighted by atomic mass is 79.9. The van der Waals surface area contributed by atoms with Gasteiger partial charge in [0, 0.05) is 18.5 Å². The van der Waals surface area contributed by atoms with Gasteiger partial charge in [0.1, 0.15) is 0 Å². The summed E-state index contributed by atoms with van der Waals surface area (Å²) >= 11 is 5.25. The van der Waals surface area contributed by atoms with Gasteiger partial charge in [-0.2, -0.15) is 0 Å². The summed E-state index contributed by atoms with van der Waals surface area (Å²) in [6.45, 7) is 2.23. The van der Waals surface area contributed by atoms with Gasteiger partial charge in [0.2, 0.25) is 0 Å². The van der Waals surface area contributed by atoms with Crippen LogP contribution in [-0.2, 0) is 0 Å². The Labute approximate surface area is 104 Å². The van der Waals surface area contributed by atoms with E-state index in [9.17, 15) is 0 Å². The van der Waals surface area contributed by atoms with Gasteiger partial charge in [-0.1, -0.05) is 6.42 Å². The first kappa shape index (κ1) is 11.4. The molecule has 2 nitrogen and oxygen atoms in total. The number of anilines is 1. The summed E-state index contributed by atoms with van der Waals surface area (Å²) in [6.07, 6.45) is 4.10. The van der Waals surface area contributed by atoms with E-state index in [0.717, 1.165) is 13.1 Å². The van der Waals surface area contributed by atoms with Gasteiger partial charge in [-0.05, 0) is 48.0 Å². The third-order valence-corrected chi connectivity index (χ3v) is 4.76. The first-order valence-corrected chi connectivity index (χ1v) is 6.99. The number of nitrogens with one attached hydrogen (secondary N) is 2. The zero-order valence-electron chi connectivity index (χ0n) is 8.98. The van der Waals surface area contributed by atoms with E-state index in [2.05, 4.69) is 38.7 Å². The van der Waals surface area contributed by atoms with E-state index < -0.39 is 0 Å². The van der Waals surface area contributed by atoms with Crippen molar-refractivity contribution in [1.29, 1.82) is 0 Å². The molecule has 0 aromatic carbocycles. The fraction of sp³-hybridized carbons (Fsp3) is 0.636. The van der Waals surface area contributed by atoms with Gasteiger partial charge in [-0.15, -0.1) is 11.3 Å². The molecule has 1 aliphatic rings. The fourth-order valence-corrected chi connectivity index (χ4v) is 3.43. The second-order valence-corrected chi connectivity index (χ2v) is 6.80. The Morgan fingerprint density at radius 3 is 2.67 bits per heavy atom. The lowest BCUT2D eigenvalue weighted by Gasteiger charge is -2.42. The Morgan fingerprint density at radius 1 is 1.40 bits per heavy atom. The maximum Gasteiger partial charge on any atom is 0.0894 e. The number of halogens is 1. The van der Waals surface area contributed by atoms with Crippen LogP contribution >= 0.6 is 27.3 Å². The monoisotopic (exact) mass is 288 g/mol. The van der Waals surface area contributed by atoms with Crippen molar-refractivity contribution >= 4 is 32.3 Å². The van der Waals surface area contributed by atoms with Gasteiger partial charge >= 0.3 is 0 Å². The van der Waals surface area contributed by atoms with Crippen molar-refractivity contribution in [3.05, 3.63) is 15.9 Å². The third kappa shape index (κ3) is 2.74. The van der Waals surface area contributed by atoms with E-state index in [1.807, 2.05) is 7.05 Å². The van der Waals surface area contributed by atoms with Gasteiger partial charge in [-0.25, -0.2) is 0 Å². The van der Waals surface area contributed by atoms with Crippen LogP contribution in [0.15, 0.2) is 15.9 Å². The summed E-state index contributed by atoms with van der Waals surface area (Å²) in [4.78, 5) is 0. The molecule has 0 spiro atoms. The van der Waals surface area contributed by atoms with Crippen molar-refractivity contribution in [2.75, 3.05) is 25.5 Å². The molecule has 1 aliphatic carbocycles. The molecule has 15 heavy (non-hydrogen) atoms. The van der Waals surface area contributed by atoms with Crippen molar-refractivity contribution in [2.24, 2.45) is 5.41 Å². The summed E-state index contributed by atoms with van der Waals surface area (Å²) < 4.78 is 1.20. The van der Waals surface area contributed by atoms with Crippen molar-refractivity contribution in [3.63, 3.8) is 0 Å². The smallest absolute Gasteiger partial charge is 0.0894 e. The largest absolute Gasteiger partial charge is 0.376 e. The van der Waals surface area contributed by atoms with Crippen LogP contribution in [0.25, 0.3) is 0 Å². The molecule has 1 heterocycles. The van der Waals surface area contributed by atoms with Crippen molar-refractivity contribution in [2.45, 2.75) is 19.3 Å². The van der Waals surface area contributed by atoms with Crippen LogP contribution in [0, 0.1) is 5.41 Å². The van der Waals surface area contributed by atoms with Gasteiger partial charge in [0.15, 0.2) is 0 Å². The molecular weight excluding hydrogens is 272 g/mol. The summed E-state index contributed by atoms with van der Waals surface area (Å²) in [5.74, 6) is 0. The molecule has 0 saturated heterocycles. The molecule has 0 aliphatic heterocycles. The van der Waals surface area contributed by atoms with Crippen LogP contribution in [0.1, 0.15) is 19.3 Å². The lowest BCUT2D eigenvalue weighted by molar-refractivity contribution is 0.151. The Kier molecular flexibility index (Phi) is 3.69. The molecule has 0 atom stereocenters. The Morgan fingerprint density at radius 2 is 2.20 bits per heavy atom. The van der Waals surface area contributed by atoms with Crippen molar-refractivity contribution in [3.8, 4) is 0 Å². The van der Waals surface area contributed by atoms with Gasteiger partial charge < -0.3 is 10.6 Å². The van der Waals surface area contributed by atoms with E-state index in [1.54, 1.807) is 11.3 Å². The molecule has 0 radical (unpaired) electrons. The van der Waals surface area contributed by atoms with E-state index in [4.69, 9.17) is 0 Å².